The van der Waals surface area contributed by atoms with Gasteiger partial charge in [-0.25, -0.2) is 0 Å². The Morgan fingerprint density at radius 3 is 2.96 bits per heavy atom. The molecule has 0 aliphatic carbocycles. The van der Waals surface area contributed by atoms with E-state index in [1.165, 1.54) is 24.2 Å². The normalized spacial score (nSPS) is 19.2. The van der Waals surface area contributed by atoms with Crippen LogP contribution in [0.3, 0.4) is 0 Å². The van der Waals surface area contributed by atoms with E-state index >= 15 is 0 Å². The fourth-order valence-corrected chi connectivity index (χ4v) is 4.00. The predicted molar refractivity (Wildman–Crippen MR) is 120 cm³/mol. The van der Waals surface area contributed by atoms with Gasteiger partial charge < -0.3 is 20.5 Å². The topological polar surface area (TPSA) is 69.1 Å². The number of nitrogens with zero attached hydrogens (tertiary/aromatic N) is 2. The summed E-state index contributed by atoms with van der Waals surface area (Å²) in [5.74, 6) is 0.739. The summed E-state index contributed by atoms with van der Waals surface area (Å²) in [6, 6.07) is 4.15. The molecule has 0 amide bonds. The summed E-state index contributed by atoms with van der Waals surface area (Å²) in [5.41, 5.74) is 0. The third kappa shape index (κ3) is 7.85. The second-order valence-corrected chi connectivity index (χ2v) is 7.83. The van der Waals surface area contributed by atoms with Crippen LogP contribution in [0, 0.1) is 0 Å². The van der Waals surface area contributed by atoms with E-state index in [1.54, 1.807) is 13.2 Å². The molecule has 2 rings (SSSR count). The Morgan fingerprint density at radius 2 is 2.31 bits per heavy atom. The predicted octanol–water partition coefficient (Wildman–Crippen LogP) is 2.72. The maximum atomic E-state index is 10.2. The molecule has 2 heterocycles. The van der Waals surface area contributed by atoms with Crippen LogP contribution in [0.4, 0.5) is 0 Å². The molecule has 0 spiro atoms. The van der Waals surface area contributed by atoms with Crippen LogP contribution in [0.5, 0.6) is 0 Å². The van der Waals surface area contributed by atoms with Crippen molar-refractivity contribution in [2.75, 3.05) is 46.4 Å². The summed E-state index contributed by atoms with van der Waals surface area (Å²) in [4.78, 5) is 7.81. The standard InChI is InChI=1S/C17H29ClN4O2S.HI/c1-3-19-17(21-12-14(23)15-6-7-16(18)25-15)20-11-13-5-4-8-22(13)9-10-24-2;/h6-7,13-14,23H,3-5,8-12H2,1-2H3,(H2,19,20,21);1H. The summed E-state index contributed by atoms with van der Waals surface area (Å²) in [5, 5.41) is 16.9. The van der Waals surface area contributed by atoms with Crippen LogP contribution in [-0.2, 0) is 4.74 Å². The number of halogens is 2. The van der Waals surface area contributed by atoms with Crippen LogP contribution in [0.15, 0.2) is 17.1 Å². The van der Waals surface area contributed by atoms with Crippen LogP contribution in [0.2, 0.25) is 4.34 Å². The highest BCUT2D eigenvalue weighted by molar-refractivity contribution is 14.0. The minimum atomic E-state index is -0.627. The van der Waals surface area contributed by atoms with Gasteiger partial charge >= 0.3 is 0 Å². The Balaban J connectivity index is 0.00000338. The molecule has 1 aromatic heterocycles. The van der Waals surface area contributed by atoms with Gasteiger partial charge in [-0.05, 0) is 38.4 Å². The lowest BCUT2D eigenvalue weighted by molar-refractivity contribution is 0.141. The molecular weight excluding hydrogens is 487 g/mol. The lowest BCUT2D eigenvalue weighted by Crippen LogP contribution is -2.45. The van der Waals surface area contributed by atoms with E-state index in [2.05, 4.69) is 20.5 Å². The van der Waals surface area contributed by atoms with E-state index in [0.717, 1.165) is 43.6 Å². The van der Waals surface area contributed by atoms with Gasteiger partial charge in [0.05, 0.1) is 17.5 Å². The molecule has 2 atom stereocenters. The first kappa shape index (κ1) is 23.9. The molecule has 2 unspecified atom stereocenters. The van der Waals surface area contributed by atoms with Gasteiger partial charge in [0.1, 0.15) is 6.10 Å². The van der Waals surface area contributed by atoms with Gasteiger partial charge in [-0.3, -0.25) is 9.89 Å². The highest BCUT2D eigenvalue weighted by atomic mass is 127. The van der Waals surface area contributed by atoms with E-state index < -0.39 is 6.10 Å². The van der Waals surface area contributed by atoms with Crippen LogP contribution in [0.25, 0.3) is 0 Å². The lowest BCUT2D eigenvalue weighted by atomic mass is 10.2. The van der Waals surface area contributed by atoms with E-state index in [0.29, 0.717) is 16.9 Å². The third-order valence-electron chi connectivity index (χ3n) is 4.28. The number of methoxy groups -OCH3 is 1. The summed E-state index contributed by atoms with van der Waals surface area (Å²) >= 11 is 7.31. The third-order valence-corrected chi connectivity index (χ3v) is 5.61. The van der Waals surface area contributed by atoms with Gasteiger partial charge in [-0.2, -0.15) is 0 Å². The monoisotopic (exact) mass is 516 g/mol. The van der Waals surface area contributed by atoms with Crippen molar-refractivity contribution in [2.24, 2.45) is 4.99 Å². The fraction of sp³-hybridized carbons (Fsp3) is 0.706. The number of hydrogen-bond acceptors (Lipinski definition) is 5. The average molecular weight is 517 g/mol. The molecule has 1 fully saturated rings. The Hall–Kier alpha value is -0.130. The maximum Gasteiger partial charge on any atom is 0.191 e. The number of thiophene rings is 1. The second-order valence-electron chi connectivity index (χ2n) is 6.08. The average Bonchev–Trinajstić information content (AvgIpc) is 3.24. The summed E-state index contributed by atoms with van der Waals surface area (Å²) in [7, 11) is 1.74. The Labute approximate surface area is 182 Å². The van der Waals surface area contributed by atoms with Gasteiger partial charge in [-0.1, -0.05) is 11.6 Å². The van der Waals surface area contributed by atoms with Gasteiger partial charge in [0.15, 0.2) is 5.96 Å². The van der Waals surface area contributed by atoms with Crippen molar-refractivity contribution < 1.29 is 9.84 Å². The number of rotatable bonds is 9. The molecule has 0 saturated carbocycles. The van der Waals surface area contributed by atoms with Crippen LogP contribution in [0.1, 0.15) is 30.7 Å². The molecule has 6 nitrogen and oxygen atoms in total. The maximum absolute atomic E-state index is 10.2. The van der Waals surface area contributed by atoms with Gasteiger partial charge in [0, 0.05) is 37.7 Å². The Kier molecular flexibility index (Phi) is 12.1. The molecule has 3 N–H and O–H groups in total. The Bertz CT molecular complexity index is 547. The highest BCUT2D eigenvalue weighted by Gasteiger charge is 2.24. The van der Waals surface area contributed by atoms with Crippen LogP contribution >= 0.6 is 46.9 Å². The van der Waals surface area contributed by atoms with E-state index in [1.807, 2.05) is 13.0 Å². The molecule has 0 aromatic carbocycles. The number of hydrogen-bond donors (Lipinski definition) is 3. The molecule has 26 heavy (non-hydrogen) atoms. The van der Waals surface area contributed by atoms with Crippen molar-refractivity contribution in [3.63, 3.8) is 0 Å². The number of ether oxygens (including phenoxy) is 1. The van der Waals surface area contributed by atoms with Crippen molar-refractivity contribution in [1.29, 1.82) is 0 Å². The summed E-state index contributed by atoms with van der Waals surface area (Å²) in [6.07, 6.45) is 1.78. The van der Waals surface area contributed by atoms with E-state index in [9.17, 15) is 5.11 Å². The second kappa shape index (κ2) is 13.1. The lowest BCUT2D eigenvalue weighted by Gasteiger charge is -2.25. The van der Waals surface area contributed by atoms with Crippen molar-refractivity contribution >= 4 is 52.9 Å². The number of aliphatic hydroxyl groups is 1. The van der Waals surface area contributed by atoms with Gasteiger partial charge in [-0.15, -0.1) is 35.3 Å². The molecule has 1 saturated heterocycles. The largest absolute Gasteiger partial charge is 0.386 e. The SMILES string of the molecule is CCNC(=NCC(O)c1ccc(Cl)s1)NCC1CCCN1CCOC.I. The number of nitrogens with one attached hydrogen (secondary N) is 2. The smallest absolute Gasteiger partial charge is 0.191 e. The molecule has 1 aliphatic heterocycles. The quantitative estimate of drug-likeness (QED) is 0.268. The van der Waals surface area contributed by atoms with Crippen molar-refractivity contribution in [3.8, 4) is 0 Å². The first-order valence-corrected chi connectivity index (χ1v) is 10.0. The molecule has 150 valence electrons. The minimum absolute atomic E-state index is 0. The van der Waals surface area contributed by atoms with Gasteiger partial charge in [0.2, 0.25) is 0 Å². The zero-order valence-electron chi connectivity index (χ0n) is 15.4. The van der Waals surface area contributed by atoms with Gasteiger partial charge in [0.25, 0.3) is 0 Å². The van der Waals surface area contributed by atoms with Crippen LogP contribution < -0.4 is 10.6 Å². The molecule has 9 heteroatoms. The van der Waals surface area contributed by atoms with E-state index in [-0.39, 0.29) is 24.0 Å². The van der Waals surface area contributed by atoms with Crippen molar-refractivity contribution in [1.82, 2.24) is 15.5 Å². The Morgan fingerprint density at radius 1 is 1.50 bits per heavy atom. The number of aliphatic imine (C=N–C) groups is 1. The molecular formula is C17H30ClIN4O2S. The number of guanidine groups is 1. The first-order chi connectivity index (χ1) is 12.1. The first-order valence-electron chi connectivity index (χ1n) is 8.82. The van der Waals surface area contributed by atoms with Crippen molar-refractivity contribution in [3.05, 3.63) is 21.3 Å². The molecule has 1 aromatic rings. The molecule has 0 radical (unpaired) electrons. The zero-order valence-corrected chi connectivity index (χ0v) is 19.3. The fourth-order valence-electron chi connectivity index (χ4n) is 2.96. The van der Waals surface area contributed by atoms with Crippen LogP contribution in [-0.4, -0.2) is 68.4 Å². The number of aliphatic hydroxyl groups excluding tert-OH is 1. The zero-order chi connectivity index (χ0) is 18.1. The molecule has 0 bridgehead atoms. The summed E-state index contributed by atoms with van der Waals surface area (Å²) < 4.78 is 5.87. The van der Waals surface area contributed by atoms with E-state index in [4.69, 9.17) is 16.3 Å². The highest BCUT2D eigenvalue weighted by Crippen LogP contribution is 2.26. The number of likely N-dealkylation sites (tertiary alicyclic amines) is 1. The summed E-state index contributed by atoms with van der Waals surface area (Å²) in [6.45, 7) is 6.83. The minimum Gasteiger partial charge on any atom is -0.386 e. The molecule has 1 aliphatic rings. The van der Waals surface area contributed by atoms with Crippen molar-refractivity contribution in [2.45, 2.75) is 31.9 Å².